The molecule has 34 heavy (non-hydrogen) atoms. The van der Waals surface area contributed by atoms with Gasteiger partial charge in [0.05, 0.1) is 0 Å². The molecule has 8 rings (SSSR count). The van der Waals surface area contributed by atoms with Crippen molar-refractivity contribution in [3.63, 3.8) is 0 Å². The minimum Gasteiger partial charge on any atom is -0.0610 e. The summed E-state index contributed by atoms with van der Waals surface area (Å²) in [5.41, 5.74) is 2.88. The number of rotatable bonds is 3. The summed E-state index contributed by atoms with van der Waals surface area (Å²) in [7, 11) is 0. The van der Waals surface area contributed by atoms with Crippen molar-refractivity contribution in [2.45, 2.75) is 12.8 Å². The quantitative estimate of drug-likeness (QED) is 0.245. The summed E-state index contributed by atoms with van der Waals surface area (Å²) in [5.74, 6) is 0. The van der Waals surface area contributed by atoms with Crippen molar-refractivity contribution in [1.82, 2.24) is 0 Å². The van der Waals surface area contributed by atoms with Crippen LogP contribution in [0.2, 0.25) is 0 Å². The van der Waals surface area contributed by atoms with E-state index >= 15 is 0 Å². The lowest BCUT2D eigenvalue weighted by molar-refractivity contribution is 0.980. The number of benzene rings is 8. The first-order valence-electron chi connectivity index (χ1n) is 12.2. The van der Waals surface area contributed by atoms with E-state index in [-0.39, 0.29) is 0 Å². The first-order chi connectivity index (χ1) is 16.8. The van der Waals surface area contributed by atoms with Crippen molar-refractivity contribution in [3.05, 3.63) is 120 Å². The van der Waals surface area contributed by atoms with Crippen LogP contribution in [0.4, 0.5) is 0 Å². The van der Waals surface area contributed by atoms with E-state index in [9.17, 15) is 0 Å². The predicted molar refractivity (Wildman–Crippen MR) is 148 cm³/mol. The molecule has 0 nitrogen and oxygen atoms in total. The Balaban J connectivity index is 1.29. The number of hydrogen-bond acceptors (Lipinski definition) is 0. The molecule has 8 aromatic carbocycles. The van der Waals surface area contributed by atoms with Gasteiger partial charge in [0, 0.05) is 0 Å². The largest absolute Gasteiger partial charge is 0.0610 e. The van der Waals surface area contributed by atoms with Crippen LogP contribution >= 0.6 is 0 Å². The van der Waals surface area contributed by atoms with Gasteiger partial charge in [-0.15, -0.1) is 0 Å². The smallest absolute Gasteiger partial charge is 0.00240 e. The third-order valence-corrected chi connectivity index (χ3v) is 7.90. The Labute approximate surface area is 197 Å². The molecule has 0 aliphatic heterocycles. The summed E-state index contributed by atoms with van der Waals surface area (Å²) in [4.78, 5) is 0. The molecule has 0 saturated carbocycles. The summed E-state index contributed by atoms with van der Waals surface area (Å²) in [6.07, 6.45) is 2.08. The van der Waals surface area contributed by atoms with Gasteiger partial charge in [0.15, 0.2) is 0 Å². The van der Waals surface area contributed by atoms with Gasteiger partial charge in [0.1, 0.15) is 0 Å². The second-order valence-electron chi connectivity index (χ2n) is 9.66. The predicted octanol–water partition coefficient (Wildman–Crippen LogP) is 9.27. The van der Waals surface area contributed by atoms with Gasteiger partial charge in [-0.3, -0.25) is 0 Å². The van der Waals surface area contributed by atoms with Crippen LogP contribution in [0, 0.1) is 0 Å². The Morgan fingerprint density at radius 3 is 1.03 bits per heavy atom. The van der Waals surface area contributed by atoms with Gasteiger partial charge >= 0.3 is 0 Å². The van der Waals surface area contributed by atoms with Gasteiger partial charge in [-0.25, -0.2) is 0 Å². The van der Waals surface area contributed by atoms with E-state index in [1.54, 1.807) is 0 Å². The van der Waals surface area contributed by atoms with Crippen LogP contribution in [0.5, 0.6) is 0 Å². The average molecular weight is 431 g/mol. The monoisotopic (exact) mass is 430 g/mol. The molecular formula is C34H22. The van der Waals surface area contributed by atoms with Crippen LogP contribution in [0.1, 0.15) is 11.1 Å². The van der Waals surface area contributed by atoms with Crippen LogP contribution < -0.4 is 0 Å². The van der Waals surface area contributed by atoms with E-state index in [0.29, 0.717) is 0 Å². The molecule has 0 N–H and O–H groups in total. The van der Waals surface area contributed by atoms with Crippen LogP contribution in [-0.4, -0.2) is 0 Å². The molecule has 0 saturated heterocycles. The topological polar surface area (TPSA) is 0 Å². The molecule has 0 spiro atoms. The highest BCUT2D eigenvalue weighted by Gasteiger charge is 2.13. The second kappa shape index (κ2) is 6.68. The zero-order valence-corrected chi connectivity index (χ0v) is 18.8. The zero-order chi connectivity index (χ0) is 22.2. The lowest BCUT2D eigenvalue weighted by atomic mass is 9.88. The van der Waals surface area contributed by atoms with E-state index < -0.39 is 0 Å². The lowest BCUT2D eigenvalue weighted by Gasteiger charge is -2.16. The van der Waals surface area contributed by atoms with E-state index in [4.69, 9.17) is 0 Å². The second-order valence-corrected chi connectivity index (χ2v) is 9.66. The SMILES string of the molecule is c1cc2ccc3ccc(CCc4ccc5ccc6cccc7ccc4c5c67)c4ccc(c1)c2c34. The van der Waals surface area contributed by atoms with Crippen LogP contribution in [-0.2, 0) is 12.8 Å². The molecule has 0 heteroatoms. The van der Waals surface area contributed by atoms with Gasteiger partial charge in [0.2, 0.25) is 0 Å². The van der Waals surface area contributed by atoms with Crippen LogP contribution in [0.25, 0.3) is 64.6 Å². The van der Waals surface area contributed by atoms with E-state index in [2.05, 4.69) is 109 Å². The Morgan fingerprint density at radius 2 is 0.618 bits per heavy atom. The molecule has 158 valence electrons. The summed E-state index contributed by atoms with van der Waals surface area (Å²) < 4.78 is 0. The molecule has 0 aliphatic rings. The summed E-state index contributed by atoms with van der Waals surface area (Å²) in [6, 6.07) is 40.9. The Hall–Kier alpha value is -4.16. The first-order valence-corrected chi connectivity index (χ1v) is 12.2. The van der Waals surface area contributed by atoms with E-state index in [1.807, 2.05) is 0 Å². The molecule has 0 bridgehead atoms. The average Bonchev–Trinajstić information content (AvgIpc) is 2.90. The molecule has 0 radical (unpaired) electrons. The van der Waals surface area contributed by atoms with E-state index in [1.165, 1.54) is 75.8 Å². The van der Waals surface area contributed by atoms with Crippen molar-refractivity contribution < 1.29 is 0 Å². The molecule has 8 aromatic rings. The van der Waals surface area contributed by atoms with Gasteiger partial charge in [0.25, 0.3) is 0 Å². The summed E-state index contributed by atoms with van der Waals surface area (Å²) in [6.45, 7) is 0. The van der Waals surface area contributed by atoms with E-state index in [0.717, 1.165) is 12.8 Å². The highest BCUT2D eigenvalue weighted by molar-refractivity contribution is 6.24. The molecule has 0 heterocycles. The fraction of sp³-hybridized carbons (Fsp3) is 0.0588. The third kappa shape index (κ3) is 2.43. The highest BCUT2D eigenvalue weighted by atomic mass is 14.2. The highest BCUT2D eigenvalue weighted by Crippen LogP contribution is 2.38. The Kier molecular flexibility index (Phi) is 3.59. The van der Waals surface area contributed by atoms with Gasteiger partial charge in [-0.1, -0.05) is 109 Å². The van der Waals surface area contributed by atoms with Gasteiger partial charge in [-0.2, -0.15) is 0 Å². The van der Waals surface area contributed by atoms with Crippen molar-refractivity contribution in [3.8, 4) is 0 Å². The normalized spacial score (nSPS) is 12.4. The van der Waals surface area contributed by atoms with Crippen molar-refractivity contribution in [2.75, 3.05) is 0 Å². The minimum absolute atomic E-state index is 1.04. The maximum Gasteiger partial charge on any atom is -0.00240 e. The fourth-order valence-corrected chi connectivity index (χ4v) is 6.30. The van der Waals surface area contributed by atoms with Crippen molar-refractivity contribution in [1.29, 1.82) is 0 Å². The maximum atomic E-state index is 2.34. The molecular weight excluding hydrogens is 408 g/mol. The molecule has 0 aromatic heterocycles. The van der Waals surface area contributed by atoms with Gasteiger partial charge in [-0.05, 0) is 88.6 Å². The molecule has 0 atom stereocenters. The molecule has 0 fully saturated rings. The zero-order valence-electron chi connectivity index (χ0n) is 18.8. The Bertz CT molecular complexity index is 1830. The standard InChI is InChI=1S/C34H22/c1-3-23-13-15-27-11-9-21(29-19-17-25(5-1)31(23)33(27)29)7-8-22-10-12-28-16-14-24-4-2-6-26-18-20-30(22)34(28)32(24)26/h1-6,9-20H,7-8H2. The molecule has 0 amide bonds. The minimum atomic E-state index is 1.04. The van der Waals surface area contributed by atoms with Gasteiger partial charge < -0.3 is 0 Å². The van der Waals surface area contributed by atoms with Crippen molar-refractivity contribution >= 4 is 64.6 Å². The molecule has 0 aliphatic carbocycles. The van der Waals surface area contributed by atoms with Crippen LogP contribution in [0.15, 0.2) is 109 Å². The van der Waals surface area contributed by atoms with Crippen LogP contribution in [0.3, 0.4) is 0 Å². The lowest BCUT2D eigenvalue weighted by Crippen LogP contribution is -1.96. The maximum absolute atomic E-state index is 2.34. The Morgan fingerprint density at radius 1 is 0.294 bits per heavy atom. The number of aryl methyl sites for hydroxylation is 2. The van der Waals surface area contributed by atoms with Crippen molar-refractivity contribution in [2.24, 2.45) is 0 Å². The summed E-state index contributed by atoms with van der Waals surface area (Å²) >= 11 is 0. The first kappa shape index (κ1) is 18.3. The summed E-state index contributed by atoms with van der Waals surface area (Å²) in [5, 5.41) is 16.5. The fourth-order valence-electron chi connectivity index (χ4n) is 6.30. The number of hydrogen-bond donors (Lipinski definition) is 0. The molecule has 0 unspecified atom stereocenters. The third-order valence-electron chi connectivity index (χ3n) is 7.90.